The largest absolute Gasteiger partial charge is 0.338 e. The zero-order valence-corrected chi connectivity index (χ0v) is 11.8. The Morgan fingerprint density at radius 3 is 2.67 bits per heavy atom. The first-order valence-corrected chi connectivity index (χ1v) is 6.93. The highest BCUT2D eigenvalue weighted by atomic mass is 35.5. The van der Waals surface area contributed by atoms with E-state index in [0.29, 0.717) is 18.1 Å². The van der Waals surface area contributed by atoms with Gasteiger partial charge in [-0.2, -0.15) is 5.10 Å². The molecular formula is C13H20ClN3O. The Morgan fingerprint density at radius 1 is 1.28 bits per heavy atom. The second-order valence-electron chi connectivity index (χ2n) is 4.96. The number of hydrogen-bond acceptors (Lipinski definition) is 2. The fourth-order valence-corrected chi connectivity index (χ4v) is 2.66. The molecule has 1 aliphatic heterocycles. The van der Waals surface area contributed by atoms with E-state index in [0.717, 1.165) is 30.6 Å². The summed E-state index contributed by atoms with van der Waals surface area (Å²) < 4.78 is 1.67. The summed E-state index contributed by atoms with van der Waals surface area (Å²) in [4.78, 5) is 14.0. The smallest absolute Gasteiger partial charge is 0.222 e. The molecule has 0 spiro atoms. The third kappa shape index (κ3) is 2.86. The fraction of sp³-hybridized carbons (Fsp3) is 0.692. The van der Waals surface area contributed by atoms with Crippen LogP contribution < -0.4 is 0 Å². The monoisotopic (exact) mass is 269 g/mol. The van der Waals surface area contributed by atoms with Gasteiger partial charge in [0, 0.05) is 25.6 Å². The number of carbonyl (C=O) groups is 1. The zero-order valence-electron chi connectivity index (χ0n) is 11.1. The molecule has 0 atom stereocenters. The lowest BCUT2D eigenvalue weighted by Crippen LogP contribution is -2.32. The summed E-state index contributed by atoms with van der Waals surface area (Å²) in [5, 5.41) is 4.93. The molecule has 1 amide bonds. The van der Waals surface area contributed by atoms with Crippen LogP contribution in [-0.4, -0.2) is 27.1 Å². The van der Waals surface area contributed by atoms with Gasteiger partial charge in [0.1, 0.15) is 5.15 Å². The van der Waals surface area contributed by atoms with Gasteiger partial charge < -0.3 is 4.90 Å². The van der Waals surface area contributed by atoms with Gasteiger partial charge in [-0.15, -0.1) is 0 Å². The maximum absolute atomic E-state index is 12.1. The average molecular weight is 270 g/mol. The molecule has 1 fully saturated rings. The summed E-state index contributed by atoms with van der Waals surface area (Å²) in [6, 6.07) is 0. The third-order valence-electron chi connectivity index (χ3n) is 3.54. The van der Waals surface area contributed by atoms with E-state index in [1.54, 1.807) is 4.68 Å². The highest BCUT2D eigenvalue weighted by molar-refractivity contribution is 6.30. The summed E-state index contributed by atoms with van der Waals surface area (Å²) in [5.41, 5.74) is 1.89. The van der Waals surface area contributed by atoms with Gasteiger partial charge in [-0.3, -0.25) is 9.48 Å². The first-order valence-electron chi connectivity index (χ1n) is 6.55. The van der Waals surface area contributed by atoms with Crippen molar-refractivity contribution in [2.75, 3.05) is 6.54 Å². The van der Waals surface area contributed by atoms with Crippen LogP contribution in [0.1, 0.15) is 43.4 Å². The molecule has 0 bridgehead atoms. The first kappa shape index (κ1) is 13.4. The van der Waals surface area contributed by atoms with Crippen molar-refractivity contribution in [1.29, 1.82) is 0 Å². The molecule has 2 heterocycles. The number of carbonyl (C=O) groups excluding carboxylic acids is 1. The van der Waals surface area contributed by atoms with E-state index in [-0.39, 0.29) is 5.91 Å². The van der Waals surface area contributed by atoms with Crippen LogP contribution in [0, 0.1) is 6.92 Å². The summed E-state index contributed by atoms with van der Waals surface area (Å²) >= 11 is 6.22. The lowest BCUT2D eigenvalue weighted by Gasteiger charge is -2.24. The predicted octanol–water partition coefficient (Wildman–Crippen LogP) is 2.67. The Balaban J connectivity index is 2.12. The van der Waals surface area contributed by atoms with Crippen molar-refractivity contribution < 1.29 is 4.79 Å². The van der Waals surface area contributed by atoms with Gasteiger partial charge in [-0.1, -0.05) is 24.4 Å². The number of nitrogens with zero attached hydrogens (tertiary/aromatic N) is 3. The number of hydrogen-bond donors (Lipinski definition) is 0. The van der Waals surface area contributed by atoms with Crippen LogP contribution >= 0.6 is 11.6 Å². The van der Waals surface area contributed by atoms with Gasteiger partial charge >= 0.3 is 0 Å². The van der Waals surface area contributed by atoms with Crippen LogP contribution in [0.25, 0.3) is 0 Å². The first-order chi connectivity index (χ1) is 8.59. The molecule has 1 aliphatic rings. The molecule has 4 nitrogen and oxygen atoms in total. The molecule has 0 aromatic carbocycles. The maximum Gasteiger partial charge on any atom is 0.222 e. The lowest BCUT2D eigenvalue weighted by atomic mass is 10.1. The number of aryl methyl sites for hydroxylation is 2. The average Bonchev–Trinajstić information content (AvgIpc) is 2.55. The molecule has 0 aliphatic carbocycles. The van der Waals surface area contributed by atoms with Crippen LogP contribution in [0.5, 0.6) is 0 Å². The normalized spacial score (nSPS) is 17.7. The molecular weight excluding hydrogens is 250 g/mol. The minimum Gasteiger partial charge on any atom is -0.338 e. The molecule has 100 valence electrons. The van der Waals surface area contributed by atoms with Gasteiger partial charge in [-0.05, 0) is 19.8 Å². The van der Waals surface area contributed by atoms with Crippen molar-refractivity contribution in [3.05, 3.63) is 16.4 Å². The van der Waals surface area contributed by atoms with E-state index in [9.17, 15) is 4.79 Å². The van der Waals surface area contributed by atoms with Crippen molar-refractivity contribution in [2.45, 2.75) is 45.6 Å². The van der Waals surface area contributed by atoms with E-state index in [2.05, 4.69) is 5.10 Å². The minimum absolute atomic E-state index is 0.244. The fourth-order valence-electron chi connectivity index (χ4n) is 2.43. The predicted molar refractivity (Wildman–Crippen MR) is 71.5 cm³/mol. The quantitative estimate of drug-likeness (QED) is 0.828. The summed E-state index contributed by atoms with van der Waals surface area (Å²) in [6.45, 7) is 3.37. The topological polar surface area (TPSA) is 38.1 Å². The highest BCUT2D eigenvalue weighted by Crippen LogP contribution is 2.22. The van der Waals surface area contributed by atoms with Gasteiger partial charge in [0.25, 0.3) is 0 Å². The van der Waals surface area contributed by atoms with Crippen LogP contribution in [0.2, 0.25) is 5.15 Å². The van der Waals surface area contributed by atoms with Gasteiger partial charge in [-0.25, -0.2) is 0 Å². The van der Waals surface area contributed by atoms with E-state index >= 15 is 0 Å². The number of aromatic nitrogens is 2. The Labute approximate surface area is 113 Å². The van der Waals surface area contributed by atoms with Crippen molar-refractivity contribution in [2.24, 2.45) is 7.05 Å². The minimum atomic E-state index is 0.244. The second kappa shape index (κ2) is 5.74. The van der Waals surface area contributed by atoms with Gasteiger partial charge in [0.05, 0.1) is 12.2 Å². The molecule has 0 radical (unpaired) electrons. The molecule has 18 heavy (non-hydrogen) atoms. The maximum atomic E-state index is 12.1. The van der Waals surface area contributed by atoms with E-state index < -0.39 is 0 Å². The van der Waals surface area contributed by atoms with Crippen LogP contribution in [0.4, 0.5) is 0 Å². The Morgan fingerprint density at radius 2 is 2.00 bits per heavy atom. The molecule has 1 aromatic heterocycles. The summed E-state index contributed by atoms with van der Waals surface area (Å²) in [5.74, 6) is 0.244. The van der Waals surface area contributed by atoms with Crippen molar-refractivity contribution >= 4 is 17.5 Å². The van der Waals surface area contributed by atoms with E-state index in [1.807, 2.05) is 18.9 Å². The van der Waals surface area contributed by atoms with Crippen LogP contribution in [-0.2, 0) is 18.4 Å². The summed E-state index contributed by atoms with van der Waals surface area (Å²) in [7, 11) is 1.83. The molecule has 0 saturated carbocycles. The second-order valence-corrected chi connectivity index (χ2v) is 5.32. The summed E-state index contributed by atoms with van der Waals surface area (Å²) in [6.07, 6.45) is 5.14. The number of amides is 1. The van der Waals surface area contributed by atoms with Crippen molar-refractivity contribution in [1.82, 2.24) is 14.7 Å². The van der Waals surface area contributed by atoms with Gasteiger partial charge in [0.2, 0.25) is 5.91 Å². The van der Waals surface area contributed by atoms with Crippen molar-refractivity contribution in [3.63, 3.8) is 0 Å². The molecule has 0 unspecified atom stereocenters. The van der Waals surface area contributed by atoms with Crippen LogP contribution in [0.3, 0.4) is 0 Å². The number of rotatable bonds is 2. The van der Waals surface area contributed by atoms with E-state index in [4.69, 9.17) is 11.6 Å². The SMILES string of the molecule is Cc1nn(C)c(Cl)c1CN1CCCCCCC1=O. The Kier molecular flexibility index (Phi) is 4.27. The zero-order chi connectivity index (χ0) is 13.1. The van der Waals surface area contributed by atoms with Gasteiger partial charge in [0.15, 0.2) is 0 Å². The standard InChI is InChI=1S/C13H20ClN3O/c1-10-11(13(14)16(2)15-10)9-17-8-6-4-3-5-7-12(17)18/h3-9H2,1-2H3. The number of likely N-dealkylation sites (tertiary alicyclic amines) is 1. The van der Waals surface area contributed by atoms with Crippen molar-refractivity contribution in [3.8, 4) is 0 Å². The molecule has 1 saturated heterocycles. The Bertz CT molecular complexity index is 442. The third-order valence-corrected chi connectivity index (χ3v) is 4.01. The molecule has 0 N–H and O–H groups in total. The number of halogens is 1. The van der Waals surface area contributed by atoms with Crippen LogP contribution in [0.15, 0.2) is 0 Å². The Hall–Kier alpha value is -1.03. The molecule has 1 aromatic rings. The molecule has 5 heteroatoms. The highest BCUT2D eigenvalue weighted by Gasteiger charge is 2.20. The molecule has 2 rings (SSSR count). The van der Waals surface area contributed by atoms with E-state index in [1.165, 1.54) is 12.8 Å². The lowest BCUT2D eigenvalue weighted by molar-refractivity contribution is -0.132.